The summed E-state index contributed by atoms with van der Waals surface area (Å²) in [5.74, 6) is 2.31. The average Bonchev–Trinajstić information content (AvgIpc) is 3.19. The van der Waals surface area contributed by atoms with Crippen LogP contribution in [0.2, 0.25) is 0 Å². The first-order chi connectivity index (χ1) is 8.88. The van der Waals surface area contributed by atoms with E-state index in [-0.39, 0.29) is 0 Å². The van der Waals surface area contributed by atoms with Gasteiger partial charge in [0.05, 0.1) is 6.61 Å². The summed E-state index contributed by atoms with van der Waals surface area (Å²) < 4.78 is 5.02. The third-order valence-corrected chi connectivity index (χ3v) is 4.23. The fourth-order valence-electron chi connectivity index (χ4n) is 1.90. The van der Waals surface area contributed by atoms with Crippen molar-refractivity contribution in [3.05, 3.63) is 29.8 Å². The van der Waals surface area contributed by atoms with Crippen LogP contribution in [0.5, 0.6) is 0 Å². The lowest BCUT2D eigenvalue weighted by molar-refractivity contribution is 0.199. The Bertz CT molecular complexity index is 352. The number of nitrogens with one attached hydrogen (secondary N) is 1. The number of thioether (sulfide) groups is 1. The maximum absolute atomic E-state index is 5.02. The molecule has 0 aromatic heterocycles. The van der Waals surface area contributed by atoms with Gasteiger partial charge >= 0.3 is 0 Å². The fourth-order valence-corrected chi connectivity index (χ4v) is 3.00. The van der Waals surface area contributed by atoms with Crippen molar-refractivity contribution in [3.63, 3.8) is 0 Å². The second-order valence-corrected chi connectivity index (χ2v) is 6.07. The number of rotatable bonds is 9. The summed E-state index contributed by atoms with van der Waals surface area (Å²) in [5.41, 5.74) is 1.36. The van der Waals surface area contributed by atoms with E-state index in [2.05, 4.69) is 29.6 Å². The van der Waals surface area contributed by atoms with Crippen molar-refractivity contribution < 1.29 is 4.74 Å². The van der Waals surface area contributed by atoms with Crippen LogP contribution in [0.15, 0.2) is 29.2 Å². The van der Waals surface area contributed by atoms with Crippen molar-refractivity contribution in [2.45, 2.75) is 30.7 Å². The molecule has 0 heterocycles. The van der Waals surface area contributed by atoms with Gasteiger partial charge in [0.2, 0.25) is 0 Å². The van der Waals surface area contributed by atoms with Crippen LogP contribution in [0.3, 0.4) is 0 Å². The molecule has 1 N–H and O–H groups in total. The Hall–Kier alpha value is -0.510. The molecule has 1 saturated carbocycles. The van der Waals surface area contributed by atoms with Gasteiger partial charge in [0.1, 0.15) is 0 Å². The van der Waals surface area contributed by atoms with Crippen LogP contribution in [0.1, 0.15) is 24.8 Å². The molecule has 0 aliphatic heterocycles. The summed E-state index contributed by atoms with van der Waals surface area (Å²) in [4.78, 5) is 1.40. The molecule has 1 aromatic rings. The van der Waals surface area contributed by atoms with E-state index in [1.54, 1.807) is 7.11 Å². The zero-order valence-corrected chi connectivity index (χ0v) is 12.0. The number of hydrogen-bond donors (Lipinski definition) is 1. The van der Waals surface area contributed by atoms with Gasteiger partial charge in [0.15, 0.2) is 0 Å². The van der Waals surface area contributed by atoms with Gasteiger partial charge in [-0.1, -0.05) is 25.0 Å². The van der Waals surface area contributed by atoms with E-state index in [1.807, 2.05) is 11.8 Å². The SMILES string of the molecule is COCCNCc1cccc(SCCC2CC2)c1. The first-order valence-electron chi connectivity index (χ1n) is 6.80. The second-order valence-electron chi connectivity index (χ2n) is 4.90. The zero-order valence-electron chi connectivity index (χ0n) is 11.2. The molecule has 1 aromatic carbocycles. The molecule has 0 unspecified atom stereocenters. The molecule has 1 fully saturated rings. The van der Waals surface area contributed by atoms with E-state index in [1.165, 1.54) is 35.5 Å². The van der Waals surface area contributed by atoms with E-state index in [0.717, 1.165) is 25.6 Å². The predicted octanol–water partition coefficient (Wildman–Crippen LogP) is 3.31. The van der Waals surface area contributed by atoms with Gasteiger partial charge in [-0.05, 0) is 35.8 Å². The van der Waals surface area contributed by atoms with Crippen molar-refractivity contribution in [2.24, 2.45) is 5.92 Å². The Morgan fingerprint density at radius 2 is 2.28 bits per heavy atom. The molecule has 0 atom stereocenters. The minimum absolute atomic E-state index is 0.774. The molecule has 3 heteroatoms. The van der Waals surface area contributed by atoms with Gasteiger partial charge in [-0.2, -0.15) is 0 Å². The van der Waals surface area contributed by atoms with Crippen molar-refractivity contribution in [2.75, 3.05) is 26.0 Å². The maximum Gasteiger partial charge on any atom is 0.0587 e. The highest BCUT2D eigenvalue weighted by atomic mass is 32.2. The van der Waals surface area contributed by atoms with Gasteiger partial charge in [0, 0.05) is 25.1 Å². The summed E-state index contributed by atoms with van der Waals surface area (Å²) in [6.07, 6.45) is 4.31. The quantitative estimate of drug-likeness (QED) is 0.547. The number of ether oxygens (including phenoxy) is 1. The van der Waals surface area contributed by atoms with Crippen LogP contribution >= 0.6 is 11.8 Å². The third kappa shape index (κ3) is 5.42. The van der Waals surface area contributed by atoms with Gasteiger partial charge in [-0.15, -0.1) is 11.8 Å². The maximum atomic E-state index is 5.02. The van der Waals surface area contributed by atoms with E-state index in [9.17, 15) is 0 Å². The van der Waals surface area contributed by atoms with Crippen LogP contribution < -0.4 is 5.32 Å². The average molecular weight is 265 g/mol. The van der Waals surface area contributed by atoms with E-state index in [0.29, 0.717) is 0 Å². The smallest absolute Gasteiger partial charge is 0.0587 e. The van der Waals surface area contributed by atoms with Crippen LogP contribution in [0.25, 0.3) is 0 Å². The molecular formula is C15H23NOS. The Morgan fingerprint density at radius 3 is 3.06 bits per heavy atom. The molecule has 2 nitrogen and oxygen atoms in total. The largest absolute Gasteiger partial charge is 0.383 e. The molecule has 1 aliphatic carbocycles. The topological polar surface area (TPSA) is 21.3 Å². The monoisotopic (exact) mass is 265 g/mol. The molecule has 0 spiro atoms. The Kier molecular flexibility index (Phi) is 6.05. The van der Waals surface area contributed by atoms with Gasteiger partial charge < -0.3 is 10.1 Å². The zero-order chi connectivity index (χ0) is 12.6. The van der Waals surface area contributed by atoms with Crippen LogP contribution in [-0.4, -0.2) is 26.0 Å². The first-order valence-corrected chi connectivity index (χ1v) is 7.78. The highest BCUT2D eigenvalue weighted by Gasteiger charge is 2.20. The van der Waals surface area contributed by atoms with Crippen molar-refractivity contribution >= 4 is 11.8 Å². The van der Waals surface area contributed by atoms with Crippen molar-refractivity contribution in [1.29, 1.82) is 0 Å². The second kappa shape index (κ2) is 7.82. The van der Waals surface area contributed by atoms with E-state index >= 15 is 0 Å². The number of methoxy groups -OCH3 is 1. The summed E-state index contributed by atoms with van der Waals surface area (Å²) in [5, 5.41) is 3.38. The number of hydrogen-bond acceptors (Lipinski definition) is 3. The molecule has 18 heavy (non-hydrogen) atoms. The standard InChI is InChI=1S/C15H23NOS/c1-17-9-8-16-12-14-3-2-4-15(11-14)18-10-7-13-5-6-13/h2-4,11,13,16H,5-10,12H2,1H3. The summed E-state index contributed by atoms with van der Waals surface area (Å²) >= 11 is 1.99. The van der Waals surface area contributed by atoms with Crippen molar-refractivity contribution in [3.8, 4) is 0 Å². The highest BCUT2D eigenvalue weighted by Crippen LogP contribution is 2.34. The summed E-state index contributed by atoms with van der Waals surface area (Å²) in [6.45, 7) is 2.62. The normalized spacial score (nSPS) is 14.9. The summed E-state index contributed by atoms with van der Waals surface area (Å²) in [7, 11) is 1.73. The van der Waals surface area contributed by atoms with Crippen LogP contribution in [0, 0.1) is 5.92 Å². The molecular weight excluding hydrogens is 242 g/mol. The minimum Gasteiger partial charge on any atom is -0.383 e. The molecule has 0 saturated heterocycles. The molecule has 2 rings (SSSR count). The predicted molar refractivity (Wildman–Crippen MR) is 78.1 cm³/mol. The molecule has 0 bridgehead atoms. The highest BCUT2D eigenvalue weighted by molar-refractivity contribution is 7.99. The Labute approximate surface area is 114 Å². The lowest BCUT2D eigenvalue weighted by atomic mass is 10.2. The fraction of sp³-hybridized carbons (Fsp3) is 0.600. The molecule has 0 radical (unpaired) electrons. The molecule has 0 amide bonds. The van der Waals surface area contributed by atoms with Gasteiger partial charge in [0.25, 0.3) is 0 Å². The summed E-state index contributed by atoms with van der Waals surface area (Å²) in [6, 6.07) is 8.87. The Balaban J connectivity index is 1.69. The van der Waals surface area contributed by atoms with E-state index in [4.69, 9.17) is 4.74 Å². The van der Waals surface area contributed by atoms with E-state index < -0.39 is 0 Å². The van der Waals surface area contributed by atoms with Crippen LogP contribution in [0.4, 0.5) is 0 Å². The first kappa shape index (κ1) is 13.9. The van der Waals surface area contributed by atoms with Crippen LogP contribution in [-0.2, 0) is 11.3 Å². The molecule has 100 valence electrons. The minimum atomic E-state index is 0.774. The number of benzene rings is 1. The molecule has 1 aliphatic rings. The Morgan fingerprint density at radius 1 is 1.39 bits per heavy atom. The van der Waals surface area contributed by atoms with Gasteiger partial charge in [-0.25, -0.2) is 0 Å². The lowest BCUT2D eigenvalue weighted by Gasteiger charge is -2.06. The van der Waals surface area contributed by atoms with Gasteiger partial charge in [-0.3, -0.25) is 0 Å². The third-order valence-electron chi connectivity index (χ3n) is 3.20. The van der Waals surface area contributed by atoms with Crippen molar-refractivity contribution in [1.82, 2.24) is 5.32 Å². The lowest BCUT2D eigenvalue weighted by Crippen LogP contribution is -2.18.